The SMILES string of the molecule is CC1=NOC(N)C1Cl. The van der Waals surface area contributed by atoms with Crippen molar-refractivity contribution in [1.29, 1.82) is 0 Å². The summed E-state index contributed by atoms with van der Waals surface area (Å²) in [4.78, 5) is 4.61. The molecule has 4 heteroatoms. The molecule has 1 heterocycles. The monoisotopic (exact) mass is 134 g/mol. The van der Waals surface area contributed by atoms with Gasteiger partial charge in [-0.25, -0.2) is 0 Å². The number of halogens is 1. The number of rotatable bonds is 0. The molecule has 2 unspecified atom stereocenters. The number of oxime groups is 1. The van der Waals surface area contributed by atoms with E-state index < -0.39 is 6.23 Å². The van der Waals surface area contributed by atoms with Crippen molar-refractivity contribution in [1.82, 2.24) is 0 Å². The second kappa shape index (κ2) is 1.91. The molecule has 1 aliphatic rings. The summed E-state index contributed by atoms with van der Waals surface area (Å²) in [5.74, 6) is 0. The maximum Gasteiger partial charge on any atom is 0.198 e. The van der Waals surface area contributed by atoms with Crippen LogP contribution in [0.2, 0.25) is 0 Å². The van der Waals surface area contributed by atoms with Crippen molar-refractivity contribution in [3.8, 4) is 0 Å². The molecule has 1 aliphatic heterocycles. The Balaban J connectivity index is 2.59. The fourth-order valence-electron chi connectivity index (χ4n) is 0.486. The number of alkyl halides is 1. The third-order valence-electron chi connectivity index (χ3n) is 1.01. The van der Waals surface area contributed by atoms with Gasteiger partial charge in [-0.1, -0.05) is 5.16 Å². The molecule has 3 nitrogen and oxygen atoms in total. The minimum absolute atomic E-state index is 0.241. The average molecular weight is 135 g/mol. The van der Waals surface area contributed by atoms with E-state index in [1.54, 1.807) is 6.92 Å². The van der Waals surface area contributed by atoms with Gasteiger partial charge < -0.3 is 4.84 Å². The van der Waals surface area contributed by atoms with Crippen LogP contribution in [0.4, 0.5) is 0 Å². The van der Waals surface area contributed by atoms with Gasteiger partial charge in [-0.05, 0) is 6.92 Å². The molecular weight excluding hydrogens is 128 g/mol. The molecule has 0 aromatic rings. The molecular formula is C4H7ClN2O. The van der Waals surface area contributed by atoms with Crippen LogP contribution in [0.1, 0.15) is 6.92 Å². The second-order valence-electron chi connectivity index (χ2n) is 1.70. The Morgan fingerprint density at radius 3 is 2.62 bits per heavy atom. The van der Waals surface area contributed by atoms with Crippen molar-refractivity contribution < 1.29 is 4.84 Å². The zero-order valence-corrected chi connectivity index (χ0v) is 5.22. The normalized spacial score (nSPS) is 36.6. The van der Waals surface area contributed by atoms with Crippen molar-refractivity contribution >= 4 is 17.3 Å². The third-order valence-corrected chi connectivity index (χ3v) is 1.57. The van der Waals surface area contributed by atoms with Gasteiger partial charge in [-0.2, -0.15) is 0 Å². The summed E-state index contributed by atoms with van der Waals surface area (Å²) in [6.45, 7) is 1.78. The maximum absolute atomic E-state index is 5.63. The van der Waals surface area contributed by atoms with Gasteiger partial charge in [0, 0.05) is 0 Å². The summed E-state index contributed by atoms with van der Waals surface area (Å²) in [7, 11) is 0. The molecule has 2 N–H and O–H groups in total. The second-order valence-corrected chi connectivity index (χ2v) is 2.17. The first-order chi connectivity index (χ1) is 3.72. The molecule has 0 amide bonds. The summed E-state index contributed by atoms with van der Waals surface area (Å²) >= 11 is 5.63. The van der Waals surface area contributed by atoms with Crippen LogP contribution in [0.15, 0.2) is 5.16 Å². The summed E-state index contributed by atoms with van der Waals surface area (Å²) < 4.78 is 0. The Morgan fingerprint density at radius 2 is 2.50 bits per heavy atom. The van der Waals surface area contributed by atoms with Gasteiger partial charge in [0.15, 0.2) is 6.23 Å². The first-order valence-electron chi connectivity index (χ1n) is 2.32. The molecule has 0 radical (unpaired) electrons. The van der Waals surface area contributed by atoms with E-state index in [1.165, 1.54) is 0 Å². The number of nitrogens with zero attached hydrogens (tertiary/aromatic N) is 1. The lowest BCUT2D eigenvalue weighted by molar-refractivity contribution is 0.0923. The van der Waals surface area contributed by atoms with Gasteiger partial charge in [0.05, 0.1) is 5.71 Å². The fraction of sp³-hybridized carbons (Fsp3) is 0.750. The van der Waals surface area contributed by atoms with E-state index in [2.05, 4.69) is 9.99 Å². The molecule has 8 heavy (non-hydrogen) atoms. The predicted octanol–water partition coefficient (Wildman–Crippen LogP) is 0.285. The third kappa shape index (κ3) is 0.788. The first-order valence-corrected chi connectivity index (χ1v) is 2.75. The lowest BCUT2D eigenvalue weighted by atomic mass is 10.3. The lowest BCUT2D eigenvalue weighted by Gasteiger charge is -2.02. The molecule has 0 spiro atoms. The van der Waals surface area contributed by atoms with Crippen LogP contribution < -0.4 is 5.73 Å². The Kier molecular flexibility index (Phi) is 1.40. The smallest absolute Gasteiger partial charge is 0.198 e. The van der Waals surface area contributed by atoms with Gasteiger partial charge in [-0.15, -0.1) is 11.6 Å². The van der Waals surface area contributed by atoms with Gasteiger partial charge in [0.2, 0.25) is 0 Å². The number of hydrogen-bond acceptors (Lipinski definition) is 3. The van der Waals surface area contributed by atoms with E-state index in [0.29, 0.717) is 0 Å². The zero-order valence-electron chi connectivity index (χ0n) is 4.47. The van der Waals surface area contributed by atoms with Crippen molar-refractivity contribution in [3.63, 3.8) is 0 Å². The van der Waals surface area contributed by atoms with Crippen molar-refractivity contribution in [3.05, 3.63) is 0 Å². The molecule has 0 fully saturated rings. The zero-order chi connectivity index (χ0) is 6.15. The summed E-state index contributed by atoms with van der Waals surface area (Å²) in [5.41, 5.74) is 6.05. The topological polar surface area (TPSA) is 47.6 Å². The number of nitrogens with two attached hydrogens (primary N) is 1. The molecule has 1 rings (SSSR count). The highest BCUT2D eigenvalue weighted by Crippen LogP contribution is 2.11. The van der Waals surface area contributed by atoms with Crippen LogP contribution >= 0.6 is 11.6 Å². The van der Waals surface area contributed by atoms with Crippen LogP contribution in [0.3, 0.4) is 0 Å². The average Bonchev–Trinajstić information content (AvgIpc) is 1.98. The van der Waals surface area contributed by atoms with Gasteiger partial charge in [0.25, 0.3) is 0 Å². The summed E-state index contributed by atoms with van der Waals surface area (Å²) in [6, 6.07) is 0. The van der Waals surface area contributed by atoms with E-state index in [-0.39, 0.29) is 5.38 Å². The molecule has 0 bridgehead atoms. The predicted molar refractivity (Wildman–Crippen MR) is 31.8 cm³/mol. The largest absolute Gasteiger partial charge is 0.375 e. The van der Waals surface area contributed by atoms with Gasteiger partial charge >= 0.3 is 0 Å². The highest BCUT2D eigenvalue weighted by molar-refractivity contribution is 6.32. The van der Waals surface area contributed by atoms with Crippen molar-refractivity contribution in [2.24, 2.45) is 10.9 Å². The van der Waals surface area contributed by atoms with Crippen LogP contribution in [-0.4, -0.2) is 17.3 Å². The minimum atomic E-state index is -0.448. The highest BCUT2D eigenvalue weighted by Gasteiger charge is 2.25. The Hall–Kier alpha value is -0.280. The Bertz CT molecular complexity index is 125. The maximum atomic E-state index is 5.63. The van der Waals surface area contributed by atoms with Crippen molar-refractivity contribution in [2.45, 2.75) is 18.5 Å². The molecule has 0 saturated heterocycles. The summed E-state index contributed by atoms with van der Waals surface area (Å²) in [6.07, 6.45) is -0.448. The van der Waals surface area contributed by atoms with E-state index >= 15 is 0 Å². The van der Waals surface area contributed by atoms with Gasteiger partial charge in [-0.3, -0.25) is 5.73 Å². The van der Waals surface area contributed by atoms with Crippen LogP contribution in [0.5, 0.6) is 0 Å². The Morgan fingerprint density at radius 1 is 1.88 bits per heavy atom. The molecule has 46 valence electrons. The molecule has 0 aromatic heterocycles. The van der Waals surface area contributed by atoms with E-state index in [0.717, 1.165) is 5.71 Å². The van der Waals surface area contributed by atoms with Crippen LogP contribution in [-0.2, 0) is 4.84 Å². The molecule has 0 saturated carbocycles. The minimum Gasteiger partial charge on any atom is -0.375 e. The molecule has 2 atom stereocenters. The standard InChI is InChI=1S/C4H7ClN2O/c1-2-3(5)4(6)8-7-2/h3-4H,6H2,1H3. The quantitative estimate of drug-likeness (QED) is 0.484. The van der Waals surface area contributed by atoms with E-state index in [1.807, 2.05) is 0 Å². The summed E-state index contributed by atoms with van der Waals surface area (Å²) in [5, 5.41) is 3.32. The number of hydrogen-bond donors (Lipinski definition) is 1. The molecule has 0 aromatic carbocycles. The van der Waals surface area contributed by atoms with Crippen LogP contribution in [0, 0.1) is 0 Å². The van der Waals surface area contributed by atoms with Crippen LogP contribution in [0.25, 0.3) is 0 Å². The van der Waals surface area contributed by atoms with E-state index in [9.17, 15) is 0 Å². The van der Waals surface area contributed by atoms with Gasteiger partial charge in [0.1, 0.15) is 5.38 Å². The highest BCUT2D eigenvalue weighted by atomic mass is 35.5. The van der Waals surface area contributed by atoms with Crippen molar-refractivity contribution in [2.75, 3.05) is 0 Å². The Labute approximate surface area is 52.4 Å². The first kappa shape index (κ1) is 5.85. The lowest BCUT2D eigenvalue weighted by Crippen LogP contribution is -2.30. The molecule has 0 aliphatic carbocycles. The fourth-order valence-corrected chi connectivity index (χ4v) is 0.571. The van der Waals surface area contributed by atoms with E-state index in [4.69, 9.17) is 17.3 Å².